The first-order valence-corrected chi connectivity index (χ1v) is 11.4. The first-order valence-electron chi connectivity index (χ1n) is 11.4. The zero-order valence-corrected chi connectivity index (χ0v) is 18.7. The fourth-order valence-electron chi connectivity index (χ4n) is 4.78. The number of aromatic nitrogens is 2. The molecular formula is C28H27N3O2. The van der Waals surface area contributed by atoms with Gasteiger partial charge >= 0.3 is 5.97 Å². The average molecular weight is 438 g/mol. The van der Waals surface area contributed by atoms with Crippen LogP contribution in [0, 0.1) is 6.92 Å². The van der Waals surface area contributed by atoms with Gasteiger partial charge in [-0.1, -0.05) is 54.6 Å². The van der Waals surface area contributed by atoms with Gasteiger partial charge in [-0.3, -0.25) is 5.10 Å². The van der Waals surface area contributed by atoms with Gasteiger partial charge in [-0.2, -0.15) is 5.10 Å². The molecule has 0 bridgehead atoms. The van der Waals surface area contributed by atoms with Gasteiger partial charge in [0.15, 0.2) is 5.82 Å². The lowest BCUT2D eigenvalue weighted by Gasteiger charge is -2.16. The van der Waals surface area contributed by atoms with E-state index in [9.17, 15) is 9.90 Å². The maximum atomic E-state index is 11.6. The van der Waals surface area contributed by atoms with E-state index in [1.165, 1.54) is 36.0 Å². The van der Waals surface area contributed by atoms with Crippen molar-refractivity contribution in [1.29, 1.82) is 0 Å². The van der Waals surface area contributed by atoms with Gasteiger partial charge in [-0.05, 0) is 78.1 Å². The number of nitrogens with one attached hydrogen (secondary N) is 2. The molecule has 1 aliphatic rings. The Bertz CT molecular complexity index is 1370. The third kappa shape index (κ3) is 4.14. The Hall–Kier alpha value is -3.86. The van der Waals surface area contributed by atoms with Crippen LogP contribution in [-0.2, 0) is 6.54 Å². The maximum Gasteiger partial charge on any atom is 0.336 e. The number of rotatable bonds is 6. The fraction of sp³-hybridized carbons (Fsp3) is 0.214. The summed E-state index contributed by atoms with van der Waals surface area (Å²) in [5.74, 6) is -0.207. The van der Waals surface area contributed by atoms with Crippen LogP contribution in [0.4, 0.5) is 5.82 Å². The number of fused-ring (bicyclic) bond motifs is 1. The third-order valence-electron chi connectivity index (χ3n) is 6.46. The van der Waals surface area contributed by atoms with Crippen LogP contribution in [0.15, 0.2) is 66.7 Å². The number of aryl methyl sites for hydroxylation is 1. The summed E-state index contributed by atoms with van der Waals surface area (Å²) in [6.07, 6.45) is 7.27. The zero-order valence-electron chi connectivity index (χ0n) is 18.7. The highest BCUT2D eigenvalue weighted by atomic mass is 16.4. The summed E-state index contributed by atoms with van der Waals surface area (Å²) in [5, 5.41) is 21.4. The van der Waals surface area contributed by atoms with E-state index in [4.69, 9.17) is 0 Å². The molecule has 1 heterocycles. The lowest BCUT2D eigenvalue weighted by atomic mass is 9.89. The molecule has 1 aromatic heterocycles. The maximum absolute atomic E-state index is 11.6. The van der Waals surface area contributed by atoms with Gasteiger partial charge < -0.3 is 10.4 Å². The molecule has 3 N–H and O–H groups in total. The number of carboxylic acid groups (broad SMARTS) is 1. The van der Waals surface area contributed by atoms with Crippen molar-refractivity contribution in [3.8, 4) is 11.1 Å². The minimum atomic E-state index is -0.927. The van der Waals surface area contributed by atoms with Gasteiger partial charge in [-0.25, -0.2) is 4.79 Å². The highest BCUT2D eigenvalue weighted by Gasteiger charge is 2.15. The predicted octanol–water partition coefficient (Wildman–Crippen LogP) is 6.81. The van der Waals surface area contributed by atoms with Gasteiger partial charge in [0.05, 0.1) is 16.5 Å². The molecule has 3 aromatic carbocycles. The quantitative estimate of drug-likeness (QED) is 0.310. The zero-order chi connectivity index (χ0) is 22.8. The van der Waals surface area contributed by atoms with E-state index in [2.05, 4.69) is 52.8 Å². The van der Waals surface area contributed by atoms with Gasteiger partial charge in [0, 0.05) is 6.54 Å². The minimum Gasteiger partial charge on any atom is -0.478 e. The van der Waals surface area contributed by atoms with Crippen LogP contribution in [0.25, 0.3) is 27.6 Å². The third-order valence-corrected chi connectivity index (χ3v) is 6.46. The van der Waals surface area contributed by atoms with E-state index in [-0.39, 0.29) is 0 Å². The van der Waals surface area contributed by atoms with Crippen LogP contribution in [0.1, 0.15) is 52.7 Å². The molecule has 5 rings (SSSR count). The molecule has 0 atom stereocenters. The standard InChI is InChI=1S/C28H27N3O2/c1-18-16-20(14-15-22(18)19-8-3-2-4-9-19)23-12-7-13-25-26(23)27(31-30-25)29-17-21-10-5-6-11-24(21)28(32)33/h5-8,10-16H,2-4,9,17H2,1H3,(H,32,33)(H2,29,30,31). The fourth-order valence-corrected chi connectivity index (χ4v) is 4.78. The summed E-state index contributed by atoms with van der Waals surface area (Å²) < 4.78 is 0. The molecule has 0 aliphatic heterocycles. The normalized spacial score (nSPS) is 13.7. The van der Waals surface area contributed by atoms with E-state index in [1.807, 2.05) is 24.3 Å². The van der Waals surface area contributed by atoms with Crippen LogP contribution in [0.3, 0.4) is 0 Å². The Morgan fingerprint density at radius 1 is 1.06 bits per heavy atom. The van der Waals surface area contributed by atoms with Crippen molar-refractivity contribution in [3.05, 3.63) is 89.0 Å². The summed E-state index contributed by atoms with van der Waals surface area (Å²) >= 11 is 0. The Morgan fingerprint density at radius 2 is 1.94 bits per heavy atom. The number of aromatic amines is 1. The van der Waals surface area contributed by atoms with Crippen molar-refractivity contribution in [2.75, 3.05) is 5.32 Å². The number of benzene rings is 3. The number of H-pyrrole nitrogens is 1. The molecule has 0 saturated carbocycles. The molecule has 5 heteroatoms. The number of carboxylic acids is 1. The van der Waals surface area contributed by atoms with Crippen molar-refractivity contribution >= 4 is 28.3 Å². The number of nitrogens with zero attached hydrogens (tertiary/aromatic N) is 1. The van der Waals surface area contributed by atoms with Crippen molar-refractivity contribution < 1.29 is 9.90 Å². The van der Waals surface area contributed by atoms with E-state index in [0.29, 0.717) is 12.1 Å². The number of hydrogen-bond donors (Lipinski definition) is 3. The summed E-state index contributed by atoms with van der Waals surface area (Å²) in [6, 6.07) is 19.9. The molecule has 0 saturated heterocycles. The Kier molecular flexibility index (Phi) is 5.69. The van der Waals surface area contributed by atoms with E-state index in [0.717, 1.165) is 39.8 Å². The lowest BCUT2D eigenvalue weighted by Crippen LogP contribution is -2.07. The average Bonchev–Trinajstić information content (AvgIpc) is 3.26. The molecular weight excluding hydrogens is 410 g/mol. The smallest absolute Gasteiger partial charge is 0.336 e. The summed E-state index contributed by atoms with van der Waals surface area (Å²) in [4.78, 5) is 11.6. The van der Waals surface area contributed by atoms with E-state index >= 15 is 0 Å². The number of anilines is 1. The number of aromatic carboxylic acids is 1. The van der Waals surface area contributed by atoms with Gasteiger partial charge in [0.25, 0.3) is 0 Å². The first kappa shape index (κ1) is 21.0. The molecule has 0 radical (unpaired) electrons. The monoisotopic (exact) mass is 437 g/mol. The second-order valence-corrected chi connectivity index (χ2v) is 8.62. The van der Waals surface area contributed by atoms with Crippen LogP contribution in [0.2, 0.25) is 0 Å². The van der Waals surface area contributed by atoms with E-state index in [1.54, 1.807) is 12.1 Å². The van der Waals surface area contributed by atoms with Crippen LogP contribution in [0.5, 0.6) is 0 Å². The van der Waals surface area contributed by atoms with Gasteiger partial charge in [0.1, 0.15) is 0 Å². The topological polar surface area (TPSA) is 78.0 Å². The summed E-state index contributed by atoms with van der Waals surface area (Å²) in [6.45, 7) is 2.56. The molecule has 166 valence electrons. The largest absolute Gasteiger partial charge is 0.478 e. The molecule has 5 nitrogen and oxygen atoms in total. The van der Waals surface area contributed by atoms with Crippen molar-refractivity contribution in [3.63, 3.8) is 0 Å². The highest BCUT2D eigenvalue weighted by molar-refractivity contribution is 6.02. The highest BCUT2D eigenvalue weighted by Crippen LogP contribution is 2.36. The van der Waals surface area contributed by atoms with E-state index < -0.39 is 5.97 Å². The molecule has 0 spiro atoms. The predicted molar refractivity (Wildman–Crippen MR) is 133 cm³/mol. The Morgan fingerprint density at radius 3 is 2.73 bits per heavy atom. The molecule has 0 amide bonds. The van der Waals surface area contributed by atoms with Gasteiger partial charge in [-0.15, -0.1) is 0 Å². The van der Waals surface area contributed by atoms with Crippen LogP contribution in [-0.4, -0.2) is 21.3 Å². The van der Waals surface area contributed by atoms with Crippen molar-refractivity contribution in [2.45, 2.75) is 39.2 Å². The summed E-state index contributed by atoms with van der Waals surface area (Å²) in [7, 11) is 0. The Labute approximate surface area is 193 Å². The second kappa shape index (κ2) is 8.94. The van der Waals surface area contributed by atoms with Crippen molar-refractivity contribution in [2.24, 2.45) is 0 Å². The number of hydrogen-bond acceptors (Lipinski definition) is 3. The molecule has 0 fully saturated rings. The van der Waals surface area contributed by atoms with Crippen LogP contribution >= 0.6 is 0 Å². The molecule has 0 unspecified atom stereocenters. The SMILES string of the molecule is Cc1cc(-c2cccc3[nH]nc(NCc4ccccc4C(=O)O)c23)ccc1C1=CCCCC1. The Balaban J connectivity index is 1.49. The number of allylic oxidation sites excluding steroid dienone is 2. The molecule has 4 aromatic rings. The van der Waals surface area contributed by atoms with Crippen molar-refractivity contribution in [1.82, 2.24) is 10.2 Å². The molecule has 33 heavy (non-hydrogen) atoms. The lowest BCUT2D eigenvalue weighted by molar-refractivity contribution is 0.0696. The summed E-state index contributed by atoms with van der Waals surface area (Å²) in [5.41, 5.74) is 8.31. The minimum absolute atomic E-state index is 0.299. The first-order chi connectivity index (χ1) is 16.1. The number of carbonyl (C=O) groups is 1. The van der Waals surface area contributed by atoms with Gasteiger partial charge in [0.2, 0.25) is 0 Å². The van der Waals surface area contributed by atoms with Crippen LogP contribution < -0.4 is 5.32 Å². The molecule has 1 aliphatic carbocycles. The second-order valence-electron chi connectivity index (χ2n) is 8.62.